The normalized spacial score (nSPS) is 15.0. The summed E-state index contributed by atoms with van der Waals surface area (Å²) in [5, 5.41) is 6.09. The van der Waals surface area contributed by atoms with Crippen molar-refractivity contribution in [1.82, 2.24) is 9.29 Å². The lowest BCUT2D eigenvalue weighted by Gasteiger charge is -2.26. The van der Waals surface area contributed by atoms with Crippen LogP contribution < -0.4 is 5.32 Å². The number of carbonyl (C=O) groups is 1. The van der Waals surface area contributed by atoms with Crippen molar-refractivity contribution in [1.29, 1.82) is 0 Å². The van der Waals surface area contributed by atoms with Crippen molar-refractivity contribution in [3.63, 3.8) is 0 Å². The average Bonchev–Trinajstić information content (AvgIpc) is 3.28. The Morgan fingerprint density at radius 1 is 1.10 bits per heavy atom. The van der Waals surface area contributed by atoms with Crippen LogP contribution in [0.25, 0.3) is 11.3 Å². The lowest BCUT2D eigenvalue weighted by molar-refractivity contribution is 0.0730. The van der Waals surface area contributed by atoms with Crippen molar-refractivity contribution in [3.05, 3.63) is 64.5 Å². The van der Waals surface area contributed by atoms with Gasteiger partial charge in [0.05, 0.1) is 30.3 Å². The number of ether oxygens (including phenoxy) is 1. The molecule has 1 aliphatic heterocycles. The zero-order chi connectivity index (χ0) is 21.8. The highest BCUT2D eigenvalue weighted by Gasteiger charge is 2.26. The van der Waals surface area contributed by atoms with Gasteiger partial charge in [0.1, 0.15) is 0 Å². The number of hydrogen-bond donors (Lipinski definition) is 1. The van der Waals surface area contributed by atoms with Gasteiger partial charge in [0.15, 0.2) is 10.9 Å². The van der Waals surface area contributed by atoms with Crippen LogP contribution in [-0.4, -0.2) is 56.3 Å². The zero-order valence-electron chi connectivity index (χ0n) is 16.5. The monoisotopic (exact) mass is 477 g/mol. The SMILES string of the molecule is O=C(CNc1nc(-c2ccc(S(=O)(=O)N3CCOCC3)cc2)cs1)c1ccc(Cl)cc1. The lowest BCUT2D eigenvalue weighted by Crippen LogP contribution is -2.40. The Labute approximate surface area is 189 Å². The first kappa shape index (κ1) is 21.9. The molecule has 2 heterocycles. The van der Waals surface area contributed by atoms with Crippen molar-refractivity contribution in [3.8, 4) is 11.3 Å². The number of sulfonamides is 1. The van der Waals surface area contributed by atoms with Gasteiger partial charge in [-0.2, -0.15) is 4.31 Å². The third-order valence-electron chi connectivity index (χ3n) is 4.83. The number of benzene rings is 2. The van der Waals surface area contributed by atoms with Crippen LogP contribution in [0.4, 0.5) is 5.13 Å². The molecule has 1 saturated heterocycles. The first-order chi connectivity index (χ1) is 14.9. The Kier molecular flexibility index (Phi) is 6.68. The number of nitrogens with one attached hydrogen (secondary N) is 1. The van der Waals surface area contributed by atoms with Gasteiger partial charge in [0.25, 0.3) is 0 Å². The van der Waals surface area contributed by atoms with E-state index in [1.807, 2.05) is 5.38 Å². The standard InChI is InChI=1S/C21H20ClN3O4S2/c22-17-5-1-16(2-6-17)20(26)13-23-21-24-19(14-30-21)15-3-7-18(8-4-15)31(27,28)25-9-11-29-12-10-25/h1-8,14H,9-13H2,(H,23,24). The predicted molar refractivity (Wildman–Crippen MR) is 121 cm³/mol. The number of thiazole rings is 1. The second-order valence-electron chi connectivity index (χ2n) is 6.86. The maximum atomic E-state index is 12.7. The molecule has 3 aromatic rings. The highest BCUT2D eigenvalue weighted by Crippen LogP contribution is 2.27. The van der Waals surface area contributed by atoms with E-state index in [4.69, 9.17) is 16.3 Å². The predicted octanol–water partition coefficient (Wildman–Crippen LogP) is 3.78. The summed E-state index contributed by atoms with van der Waals surface area (Å²) in [5.41, 5.74) is 2.08. The van der Waals surface area contributed by atoms with Crippen LogP contribution >= 0.6 is 22.9 Å². The highest BCUT2D eigenvalue weighted by atomic mass is 35.5. The largest absolute Gasteiger partial charge is 0.379 e. The van der Waals surface area contributed by atoms with Crippen LogP contribution in [0.15, 0.2) is 58.8 Å². The molecule has 31 heavy (non-hydrogen) atoms. The molecule has 4 rings (SSSR count). The van der Waals surface area contributed by atoms with Crippen LogP contribution in [0, 0.1) is 0 Å². The van der Waals surface area contributed by atoms with Crippen LogP contribution in [0.2, 0.25) is 5.02 Å². The summed E-state index contributed by atoms with van der Waals surface area (Å²) >= 11 is 7.23. The van der Waals surface area contributed by atoms with E-state index in [1.54, 1.807) is 48.5 Å². The topological polar surface area (TPSA) is 88.6 Å². The second-order valence-corrected chi connectivity index (χ2v) is 10.1. The molecule has 0 unspecified atom stereocenters. The van der Waals surface area contributed by atoms with Gasteiger partial charge < -0.3 is 10.1 Å². The second kappa shape index (κ2) is 9.46. The van der Waals surface area contributed by atoms with Gasteiger partial charge in [-0.3, -0.25) is 4.79 Å². The fraction of sp³-hybridized carbons (Fsp3) is 0.238. The summed E-state index contributed by atoms with van der Waals surface area (Å²) in [4.78, 5) is 17.0. The summed E-state index contributed by atoms with van der Waals surface area (Å²) < 4.78 is 32.1. The number of hydrogen-bond acceptors (Lipinski definition) is 7. The summed E-state index contributed by atoms with van der Waals surface area (Å²) in [6, 6.07) is 13.4. The Balaban J connectivity index is 1.40. The Morgan fingerprint density at radius 3 is 2.45 bits per heavy atom. The number of carbonyl (C=O) groups excluding carboxylic acids is 1. The van der Waals surface area contributed by atoms with Crippen molar-refractivity contribution >= 4 is 43.9 Å². The van der Waals surface area contributed by atoms with E-state index < -0.39 is 10.0 Å². The highest BCUT2D eigenvalue weighted by molar-refractivity contribution is 7.89. The average molecular weight is 478 g/mol. The molecule has 0 amide bonds. The summed E-state index contributed by atoms with van der Waals surface area (Å²) in [5.74, 6) is -0.0638. The molecule has 162 valence electrons. The molecule has 1 N–H and O–H groups in total. The zero-order valence-corrected chi connectivity index (χ0v) is 18.8. The molecular weight excluding hydrogens is 458 g/mol. The van der Waals surface area contributed by atoms with Crippen LogP contribution in [0.3, 0.4) is 0 Å². The summed E-state index contributed by atoms with van der Waals surface area (Å²) in [7, 11) is -3.53. The van der Waals surface area contributed by atoms with E-state index in [9.17, 15) is 13.2 Å². The first-order valence-electron chi connectivity index (χ1n) is 9.60. The third-order valence-corrected chi connectivity index (χ3v) is 7.79. The molecular formula is C21H20ClN3O4S2. The van der Waals surface area contributed by atoms with Gasteiger partial charge in [0, 0.05) is 34.6 Å². The first-order valence-corrected chi connectivity index (χ1v) is 12.3. The number of anilines is 1. The fourth-order valence-corrected chi connectivity index (χ4v) is 5.37. The molecule has 0 radical (unpaired) electrons. The maximum Gasteiger partial charge on any atom is 0.243 e. The van der Waals surface area contributed by atoms with E-state index in [2.05, 4.69) is 10.3 Å². The van der Waals surface area contributed by atoms with E-state index in [0.29, 0.717) is 47.7 Å². The molecule has 1 fully saturated rings. The van der Waals surface area contributed by atoms with Crippen LogP contribution in [-0.2, 0) is 14.8 Å². The fourth-order valence-electron chi connectivity index (χ4n) is 3.11. The molecule has 7 nitrogen and oxygen atoms in total. The third kappa shape index (κ3) is 5.13. The minimum absolute atomic E-state index is 0.0638. The molecule has 0 bridgehead atoms. The van der Waals surface area contributed by atoms with E-state index in [-0.39, 0.29) is 17.2 Å². The van der Waals surface area contributed by atoms with Gasteiger partial charge in [-0.05, 0) is 36.4 Å². The van der Waals surface area contributed by atoms with E-state index in [0.717, 1.165) is 5.56 Å². The smallest absolute Gasteiger partial charge is 0.243 e. The minimum atomic E-state index is -3.53. The van der Waals surface area contributed by atoms with Gasteiger partial charge in [-0.25, -0.2) is 13.4 Å². The molecule has 2 aromatic carbocycles. The molecule has 0 saturated carbocycles. The maximum absolute atomic E-state index is 12.7. The van der Waals surface area contributed by atoms with Crippen LogP contribution in [0.5, 0.6) is 0 Å². The summed E-state index contributed by atoms with van der Waals surface area (Å²) in [6.07, 6.45) is 0. The van der Waals surface area contributed by atoms with Gasteiger partial charge in [-0.15, -0.1) is 11.3 Å². The number of halogens is 1. The summed E-state index contributed by atoms with van der Waals surface area (Å²) in [6.45, 7) is 1.66. The molecule has 10 heteroatoms. The van der Waals surface area contributed by atoms with E-state index >= 15 is 0 Å². The number of Topliss-reactive ketones (excluding diaryl/α,β-unsaturated/α-hetero) is 1. The molecule has 0 atom stereocenters. The number of ketones is 1. The molecule has 1 aliphatic rings. The van der Waals surface area contributed by atoms with Gasteiger partial charge >= 0.3 is 0 Å². The Bertz CT molecular complexity index is 1160. The van der Waals surface area contributed by atoms with Gasteiger partial charge in [-0.1, -0.05) is 23.7 Å². The Morgan fingerprint density at radius 2 is 1.77 bits per heavy atom. The number of rotatable bonds is 7. The van der Waals surface area contributed by atoms with E-state index in [1.165, 1.54) is 15.6 Å². The van der Waals surface area contributed by atoms with Crippen molar-refractivity contribution in [2.24, 2.45) is 0 Å². The molecule has 1 aromatic heterocycles. The number of aromatic nitrogens is 1. The number of nitrogens with zero attached hydrogens (tertiary/aromatic N) is 2. The molecule has 0 spiro atoms. The van der Waals surface area contributed by atoms with Crippen molar-refractivity contribution in [2.45, 2.75) is 4.90 Å². The lowest BCUT2D eigenvalue weighted by atomic mass is 10.1. The number of morpholine rings is 1. The Hall–Kier alpha value is -2.30. The minimum Gasteiger partial charge on any atom is -0.379 e. The van der Waals surface area contributed by atoms with Gasteiger partial charge in [0.2, 0.25) is 10.0 Å². The van der Waals surface area contributed by atoms with Crippen molar-refractivity contribution < 1.29 is 17.9 Å². The molecule has 0 aliphatic carbocycles. The quantitative estimate of drug-likeness (QED) is 0.521. The van der Waals surface area contributed by atoms with Crippen molar-refractivity contribution in [2.75, 3.05) is 38.2 Å². The van der Waals surface area contributed by atoms with Crippen LogP contribution in [0.1, 0.15) is 10.4 Å².